The number of aryl methyl sites for hydroxylation is 2. The van der Waals surface area contributed by atoms with Crippen molar-refractivity contribution in [2.75, 3.05) is 31.1 Å². The van der Waals surface area contributed by atoms with Gasteiger partial charge in [-0.05, 0) is 55.0 Å². The lowest BCUT2D eigenvalue weighted by molar-refractivity contribution is 0.106. The van der Waals surface area contributed by atoms with Gasteiger partial charge >= 0.3 is 6.16 Å². The van der Waals surface area contributed by atoms with Gasteiger partial charge in [0.15, 0.2) is 0 Å². The maximum atomic E-state index is 10.8. The topological polar surface area (TPSA) is 53.0 Å². The van der Waals surface area contributed by atoms with Gasteiger partial charge in [-0.1, -0.05) is 36.4 Å². The van der Waals surface area contributed by atoms with E-state index >= 15 is 0 Å². The molecule has 0 amide bonds. The highest BCUT2D eigenvalue weighted by molar-refractivity contribution is 5.71. The van der Waals surface area contributed by atoms with Gasteiger partial charge in [-0.25, -0.2) is 4.79 Å². The fraction of sp³-hybridized carbons (Fsp3) is 0.348. The van der Waals surface area contributed by atoms with E-state index in [0.29, 0.717) is 12.3 Å². The van der Waals surface area contributed by atoms with Gasteiger partial charge in [-0.2, -0.15) is 0 Å². The van der Waals surface area contributed by atoms with E-state index in [1.807, 2.05) is 6.08 Å². The number of hydrogen-bond donors (Lipinski definition) is 1. The van der Waals surface area contributed by atoms with E-state index in [1.54, 1.807) is 0 Å². The second kappa shape index (κ2) is 8.48. The van der Waals surface area contributed by atoms with E-state index in [0.717, 1.165) is 45.3 Å². The molecule has 146 valence electrons. The smallest absolute Gasteiger partial charge is 0.449 e. The zero-order chi connectivity index (χ0) is 19.3. The number of para-hydroxylation sites is 2. The monoisotopic (exact) mass is 378 g/mol. The molecule has 2 aromatic rings. The zero-order valence-corrected chi connectivity index (χ0v) is 16.0. The molecule has 2 aliphatic heterocycles. The molecule has 2 aromatic carbocycles. The Morgan fingerprint density at radius 2 is 1.61 bits per heavy atom. The van der Waals surface area contributed by atoms with Gasteiger partial charge in [0.1, 0.15) is 5.76 Å². The van der Waals surface area contributed by atoms with E-state index in [9.17, 15) is 4.79 Å². The summed E-state index contributed by atoms with van der Waals surface area (Å²) < 4.78 is 4.85. The molecule has 0 saturated carbocycles. The van der Waals surface area contributed by atoms with Crippen LogP contribution < -0.4 is 4.90 Å². The van der Waals surface area contributed by atoms with E-state index in [2.05, 4.69) is 58.3 Å². The summed E-state index contributed by atoms with van der Waals surface area (Å²) in [5, 5.41) is 8.82. The zero-order valence-electron chi connectivity index (χ0n) is 16.0. The van der Waals surface area contributed by atoms with Crippen molar-refractivity contribution >= 4 is 17.5 Å². The van der Waals surface area contributed by atoms with E-state index < -0.39 is 6.16 Å². The average molecular weight is 378 g/mol. The van der Waals surface area contributed by atoms with Crippen molar-refractivity contribution in [3.63, 3.8) is 0 Å². The number of ether oxygens (including phenoxy) is 1. The third-order valence-corrected chi connectivity index (χ3v) is 5.50. The summed E-state index contributed by atoms with van der Waals surface area (Å²) in [7, 11) is 0. The SMILES string of the molecule is O=C(O)OC1=CCCN(CCCN2c3ccccc3CCc3ccccc32)C1. The molecule has 0 unspecified atom stereocenters. The summed E-state index contributed by atoms with van der Waals surface area (Å²) in [5.41, 5.74) is 5.41. The minimum Gasteiger partial charge on any atom is -0.449 e. The van der Waals surface area contributed by atoms with Crippen LogP contribution in [0.15, 0.2) is 60.4 Å². The maximum Gasteiger partial charge on any atom is 0.511 e. The molecule has 2 aliphatic rings. The van der Waals surface area contributed by atoms with E-state index in [4.69, 9.17) is 9.84 Å². The van der Waals surface area contributed by atoms with Crippen LogP contribution in [0.3, 0.4) is 0 Å². The number of rotatable bonds is 5. The van der Waals surface area contributed by atoms with E-state index in [1.165, 1.54) is 22.5 Å². The third kappa shape index (κ3) is 4.20. The second-order valence-corrected chi connectivity index (χ2v) is 7.37. The molecular formula is C23H26N2O3. The standard InChI is InChI=1S/C23H26N2O3/c26-23(27)28-20-9-5-14-24(17-20)15-6-16-25-21-10-3-1-7-18(21)12-13-19-8-2-4-11-22(19)25/h1-4,7-11H,5-6,12-17H2,(H,26,27). The third-order valence-electron chi connectivity index (χ3n) is 5.50. The van der Waals surface area contributed by atoms with Crippen molar-refractivity contribution in [2.45, 2.75) is 25.7 Å². The van der Waals surface area contributed by atoms with Crippen LogP contribution in [0.5, 0.6) is 0 Å². The Kier molecular flexibility index (Phi) is 5.63. The van der Waals surface area contributed by atoms with Crippen molar-refractivity contribution < 1.29 is 14.6 Å². The maximum absolute atomic E-state index is 10.8. The molecule has 1 N–H and O–H groups in total. The molecule has 5 heteroatoms. The van der Waals surface area contributed by atoms with Crippen molar-refractivity contribution in [3.8, 4) is 0 Å². The molecule has 0 aromatic heterocycles. The first-order chi connectivity index (χ1) is 13.7. The molecule has 0 bridgehead atoms. The van der Waals surface area contributed by atoms with Gasteiger partial charge in [0.2, 0.25) is 0 Å². The lowest BCUT2D eigenvalue weighted by Gasteiger charge is -2.30. The Morgan fingerprint density at radius 3 is 2.25 bits per heavy atom. The molecular weight excluding hydrogens is 352 g/mol. The van der Waals surface area contributed by atoms with Crippen LogP contribution in [0, 0.1) is 0 Å². The Balaban J connectivity index is 1.45. The summed E-state index contributed by atoms with van der Waals surface area (Å²) in [4.78, 5) is 15.5. The summed E-state index contributed by atoms with van der Waals surface area (Å²) in [6, 6.07) is 17.4. The molecule has 0 spiro atoms. The predicted octanol–water partition coefficient (Wildman–Crippen LogP) is 4.60. The number of nitrogens with zero attached hydrogens (tertiary/aromatic N) is 2. The number of fused-ring (bicyclic) bond motifs is 2. The van der Waals surface area contributed by atoms with Gasteiger partial charge in [-0.3, -0.25) is 4.90 Å². The summed E-state index contributed by atoms with van der Waals surface area (Å²) >= 11 is 0. The van der Waals surface area contributed by atoms with Gasteiger partial charge in [-0.15, -0.1) is 0 Å². The van der Waals surface area contributed by atoms with Crippen LogP contribution in [-0.4, -0.2) is 42.3 Å². The van der Waals surface area contributed by atoms with Gasteiger partial charge in [0.05, 0.1) is 6.54 Å². The highest BCUT2D eigenvalue weighted by atomic mass is 16.7. The van der Waals surface area contributed by atoms with Crippen molar-refractivity contribution in [1.82, 2.24) is 4.90 Å². The fourth-order valence-corrected chi connectivity index (χ4v) is 4.21. The van der Waals surface area contributed by atoms with Crippen LogP contribution in [0.1, 0.15) is 24.0 Å². The first kappa shape index (κ1) is 18.6. The molecule has 4 rings (SSSR count). The Morgan fingerprint density at radius 1 is 0.964 bits per heavy atom. The lowest BCUT2D eigenvalue weighted by Crippen LogP contribution is -2.33. The molecule has 0 saturated heterocycles. The van der Waals surface area contributed by atoms with Crippen molar-refractivity contribution in [1.29, 1.82) is 0 Å². The van der Waals surface area contributed by atoms with Gasteiger partial charge in [0, 0.05) is 31.0 Å². The highest BCUT2D eigenvalue weighted by Crippen LogP contribution is 2.35. The van der Waals surface area contributed by atoms with Crippen molar-refractivity contribution in [3.05, 3.63) is 71.5 Å². The molecule has 0 radical (unpaired) electrons. The number of hydrogen-bond acceptors (Lipinski definition) is 4. The van der Waals surface area contributed by atoms with Crippen LogP contribution >= 0.6 is 0 Å². The first-order valence-corrected chi connectivity index (χ1v) is 9.96. The minimum absolute atomic E-state index is 0.546. The molecule has 0 aliphatic carbocycles. The molecule has 2 heterocycles. The summed E-state index contributed by atoms with van der Waals surface area (Å²) in [6.07, 6.45) is 4.62. The van der Waals surface area contributed by atoms with Crippen molar-refractivity contribution in [2.24, 2.45) is 0 Å². The minimum atomic E-state index is -1.23. The van der Waals surface area contributed by atoms with Gasteiger partial charge in [0.25, 0.3) is 0 Å². The Labute approximate surface area is 165 Å². The van der Waals surface area contributed by atoms with Crippen LogP contribution in [0.25, 0.3) is 0 Å². The number of benzene rings is 2. The molecule has 0 fully saturated rings. The fourth-order valence-electron chi connectivity index (χ4n) is 4.21. The number of carbonyl (C=O) groups is 1. The largest absolute Gasteiger partial charge is 0.511 e. The molecule has 0 atom stereocenters. The highest BCUT2D eigenvalue weighted by Gasteiger charge is 2.21. The Hall–Kier alpha value is -2.79. The average Bonchev–Trinajstić information content (AvgIpc) is 2.85. The predicted molar refractivity (Wildman–Crippen MR) is 110 cm³/mol. The Bertz CT molecular complexity index is 830. The van der Waals surface area contributed by atoms with Crippen LogP contribution in [-0.2, 0) is 17.6 Å². The van der Waals surface area contributed by atoms with Gasteiger partial charge < -0.3 is 14.7 Å². The molecule has 28 heavy (non-hydrogen) atoms. The summed E-state index contributed by atoms with van der Waals surface area (Å²) in [6.45, 7) is 3.36. The normalized spacial score (nSPS) is 16.6. The van der Waals surface area contributed by atoms with Crippen LogP contribution in [0.2, 0.25) is 0 Å². The van der Waals surface area contributed by atoms with Crippen LogP contribution in [0.4, 0.5) is 16.2 Å². The van der Waals surface area contributed by atoms with E-state index in [-0.39, 0.29) is 0 Å². The second-order valence-electron chi connectivity index (χ2n) is 7.37. The summed E-state index contributed by atoms with van der Waals surface area (Å²) in [5.74, 6) is 0.546. The molecule has 5 nitrogen and oxygen atoms in total. The quantitative estimate of drug-likeness (QED) is 0.771. The first-order valence-electron chi connectivity index (χ1n) is 9.96. The lowest BCUT2D eigenvalue weighted by atomic mass is 10.0. The number of carboxylic acid groups (broad SMARTS) is 1. The number of anilines is 2.